The van der Waals surface area contributed by atoms with E-state index in [1.807, 2.05) is 32.0 Å². The fourth-order valence-corrected chi connectivity index (χ4v) is 4.62. The second kappa shape index (κ2) is 11.9. The first-order chi connectivity index (χ1) is 17.4. The quantitative estimate of drug-likeness (QED) is 0.483. The van der Waals surface area contributed by atoms with E-state index in [1.54, 1.807) is 0 Å². The van der Waals surface area contributed by atoms with Gasteiger partial charge in [-0.2, -0.15) is 0 Å². The van der Waals surface area contributed by atoms with E-state index in [1.165, 1.54) is 22.5 Å². The molecule has 5 heteroatoms. The van der Waals surface area contributed by atoms with Gasteiger partial charge in [-0.15, -0.1) is 0 Å². The van der Waals surface area contributed by atoms with Crippen LogP contribution in [0.2, 0.25) is 0 Å². The molecule has 3 aromatic rings. The highest BCUT2D eigenvalue weighted by atomic mass is 16.1. The second-order valence-corrected chi connectivity index (χ2v) is 9.85. The lowest BCUT2D eigenvalue weighted by molar-refractivity contribution is 0.0950. The number of nitrogens with one attached hydrogen (secondary N) is 1. The fraction of sp³-hybridized carbons (Fsp3) is 0.323. The lowest BCUT2D eigenvalue weighted by Gasteiger charge is -2.35. The van der Waals surface area contributed by atoms with Crippen molar-refractivity contribution in [1.82, 2.24) is 10.2 Å². The molecule has 0 radical (unpaired) electrons. The molecule has 1 aliphatic heterocycles. The fourth-order valence-electron chi connectivity index (χ4n) is 4.62. The minimum absolute atomic E-state index is 0.0202. The van der Waals surface area contributed by atoms with Crippen molar-refractivity contribution in [2.75, 3.05) is 56.6 Å². The third kappa shape index (κ3) is 6.76. The summed E-state index contributed by atoms with van der Waals surface area (Å²) in [5.74, 6) is -0.0202. The second-order valence-electron chi connectivity index (χ2n) is 9.85. The van der Waals surface area contributed by atoms with E-state index in [9.17, 15) is 4.79 Å². The maximum Gasteiger partial charge on any atom is 0.251 e. The number of hydrogen-bond donors (Lipinski definition) is 1. The van der Waals surface area contributed by atoms with Crippen molar-refractivity contribution in [3.05, 3.63) is 101 Å². The van der Waals surface area contributed by atoms with E-state index in [-0.39, 0.29) is 5.91 Å². The van der Waals surface area contributed by atoms with Crippen molar-refractivity contribution < 1.29 is 4.79 Å². The van der Waals surface area contributed by atoms with Gasteiger partial charge in [-0.1, -0.05) is 54.1 Å². The topological polar surface area (TPSA) is 38.8 Å². The van der Waals surface area contributed by atoms with Crippen LogP contribution in [0.5, 0.6) is 0 Å². The Morgan fingerprint density at radius 1 is 0.944 bits per heavy atom. The highest BCUT2D eigenvalue weighted by Crippen LogP contribution is 2.19. The summed E-state index contributed by atoms with van der Waals surface area (Å²) in [4.78, 5) is 19.7. The molecule has 0 unspecified atom stereocenters. The predicted octanol–water partition coefficient (Wildman–Crippen LogP) is 5.13. The Bertz CT molecular complexity index is 1190. The van der Waals surface area contributed by atoms with Gasteiger partial charge in [0.25, 0.3) is 5.91 Å². The number of benzene rings is 3. The van der Waals surface area contributed by atoms with Gasteiger partial charge < -0.3 is 15.1 Å². The highest BCUT2D eigenvalue weighted by molar-refractivity contribution is 5.95. The maximum absolute atomic E-state index is 12.7. The number of nitrogens with zero attached hydrogens (tertiary/aromatic N) is 3. The minimum atomic E-state index is -0.0202. The molecule has 0 bridgehead atoms. The van der Waals surface area contributed by atoms with Crippen LogP contribution in [0.1, 0.15) is 32.6 Å². The number of aryl methyl sites for hydroxylation is 2. The van der Waals surface area contributed by atoms with Gasteiger partial charge in [0, 0.05) is 70.3 Å². The molecule has 1 saturated heterocycles. The third-order valence-corrected chi connectivity index (χ3v) is 6.81. The van der Waals surface area contributed by atoms with Gasteiger partial charge in [0.1, 0.15) is 0 Å². The molecule has 1 N–H and O–H groups in total. The summed E-state index contributed by atoms with van der Waals surface area (Å²) in [6.45, 7) is 9.61. The number of rotatable bonds is 8. The number of carbonyl (C=O) groups excluding carboxylic acids is 1. The normalized spacial score (nSPS) is 14.3. The first-order valence-corrected chi connectivity index (χ1v) is 12.7. The summed E-state index contributed by atoms with van der Waals surface area (Å²) in [6.07, 6.45) is 4.47. The van der Waals surface area contributed by atoms with E-state index in [0.29, 0.717) is 6.54 Å². The van der Waals surface area contributed by atoms with Crippen LogP contribution in [-0.2, 0) is 6.54 Å². The lowest BCUT2D eigenvalue weighted by Crippen LogP contribution is -2.46. The maximum atomic E-state index is 12.7. The molecule has 1 aliphatic rings. The molecule has 3 aromatic carbocycles. The van der Waals surface area contributed by atoms with E-state index in [0.717, 1.165) is 49.4 Å². The Morgan fingerprint density at radius 3 is 2.39 bits per heavy atom. The molecule has 5 nitrogen and oxygen atoms in total. The summed E-state index contributed by atoms with van der Waals surface area (Å²) < 4.78 is 0. The van der Waals surface area contributed by atoms with E-state index < -0.39 is 0 Å². The zero-order valence-corrected chi connectivity index (χ0v) is 22.0. The first-order valence-electron chi connectivity index (χ1n) is 12.7. The van der Waals surface area contributed by atoms with Crippen molar-refractivity contribution in [1.29, 1.82) is 0 Å². The van der Waals surface area contributed by atoms with Crippen molar-refractivity contribution in [3.63, 3.8) is 0 Å². The van der Waals surface area contributed by atoms with E-state index in [4.69, 9.17) is 0 Å². The molecular weight excluding hydrogens is 444 g/mol. The average molecular weight is 483 g/mol. The van der Waals surface area contributed by atoms with Crippen molar-refractivity contribution >= 4 is 23.4 Å². The molecule has 0 atom stereocenters. The van der Waals surface area contributed by atoms with Gasteiger partial charge in [0.05, 0.1) is 0 Å². The number of anilines is 2. The van der Waals surface area contributed by atoms with Crippen LogP contribution in [0.3, 0.4) is 0 Å². The largest absolute Gasteiger partial charge is 0.378 e. The van der Waals surface area contributed by atoms with Crippen molar-refractivity contribution in [3.8, 4) is 0 Å². The number of carbonyl (C=O) groups is 1. The smallest absolute Gasteiger partial charge is 0.251 e. The van der Waals surface area contributed by atoms with Crippen LogP contribution < -0.4 is 15.1 Å². The van der Waals surface area contributed by atoms with Gasteiger partial charge in [0.2, 0.25) is 0 Å². The van der Waals surface area contributed by atoms with Crippen LogP contribution in [0, 0.1) is 13.8 Å². The van der Waals surface area contributed by atoms with Crippen LogP contribution in [0.15, 0.2) is 72.8 Å². The van der Waals surface area contributed by atoms with Crippen LogP contribution >= 0.6 is 0 Å². The van der Waals surface area contributed by atoms with Crippen LogP contribution in [-0.4, -0.2) is 57.6 Å². The summed E-state index contributed by atoms with van der Waals surface area (Å²) >= 11 is 0. The molecular formula is C31H38N4O. The van der Waals surface area contributed by atoms with Gasteiger partial charge >= 0.3 is 0 Å². The monoisotopic (exact) mass is 482 g/mol. The summed E-state index contributed by atoms with van der Waals surface area (Å²) in [5, 5.41) is 3.08. The van der Waals surface area contributed by atoms with Crippen LogP contribution in [0.4, 0.5) is 11.4 Å². The molecule has 0 aliphatic carbocycles. The van der Waals surface area contributed by atoms with Gasteiger partial charge in [-0.25, -0.2) is 0 Å². The minimum Gasteiger partial charge on any atom is -0.378 e. The Morgan fingerprint density at radius 2 is 1.69 bits per heavy atom. The Hall–Kier alpha value is -3.57. The van der Waals surface area contributed by atoms with Crippen molar-refractivity contribution in [2.24, 2.45) is 0 Å². The van der Waals surface area contributed by atoms with E-state index in [2.05, 4.69) is 94.8 Å². The molecule has 1 fully saturated rings. The Labute approximate surface area is 216 Å². The third-order valence-electron chi connectivity index (χ3n) is 6.81. The molecule has 4 rings (SSSR count). The zero-order chi connectivity index (χ0) is 25.5. The van der Waals surface area contributed by atoms with Crippen molar-refractivity contribution in [2.45, 2.75) is 20.4 Å². The molecule has 1 heterocycles. The molecule has 0 saturated carbocycles. The van der Waals surface area contributed by atoms with E-state index >= 15 is 0 Å². The summed E-state index contributed by atoms with van der Waals surface area (Å²) in [5.41, 5.74) is 7.73. The van der Waals surface area contributed by atoms with Crippen LogP contribution in [0.25, 0.3) is 6.08 Å². The molecule has 36 heavy (non-hydrogen) atoms. The average Bonchev–Trinajstić information content (AvgIpc) is 2.88. The molecule has 0 aromatic heterocycles. The molecule has 1 amide bonds. The predicted molar refractivity (Wildman–Crippen MR) is 152 cm³/mol. The Kier molecular flexibility index (Phi) is 8.44. The summed E-state index contributed by atoms with van der Waals surface area (Å²) in [6, 6.07) is 23.1. The highest BCUT2D eigenvalue weighted by Gasteiger charge is 2.16. The molecule has 0 spiro atoms. The summed E-state index contributed by atoms with van der Waals surface area (Å²) in [7, 11) is 4.12. The van der Waals surface area contributed by atoms with Gasteiger partial charge in [-0.05, 0) is 60.9 Å². The lowest BCUT2D eigenvalue weighted by atomic mass is 10.1. The van der Waals surface area contributed by atoms with Gasteiger partial charge in [-0.3, -0.25) is 9.69 Å². The standard InChI is InChI=1S/C31H38N4O/c1-24-10-15-30(25(2)21-24)31(36)32-23-27-7-5-9-29(22-27)35-19-17-34(18-20-35)16-6-8-26-11-13-28(14-12-26)33(3)4/h5-15,21-22H,16-20,23H2,1-4H3,(H,32,36)/b8-6+. The number of piperazine rings is 1. The van der Waals surface area contributed by atoms with Gasteiger partial charge in [0.15, 0.2) is 0 Å². The number of hydrogen-bond acceptors (Lipinski definition) is 4. The Balaban J connectivity index is 1.25. The first kappa shape index (κ1) is 25.5. The SMILES string of the molecule is Cc1ccc(C(=O)NCc2cccc(N3CCN(C/C=C/c4ccc(N(C)C)cc4)CC3)c2)c(C)c1. The number of amides is 1. The molecule has 188 valence electrons. The zero-order valence-electron chi connectivity index (χ0n) is 22.0.